The molecular weight excluding hydrogens is 426 g/mol. The number of rotatable bonds is 7. The molecule has 4 amide bonds. The second kappa shape index (κ2) is 8.73. The smallest absolute Gasteiger partial charge is 0.344 e. The number of nitrogens with zero attached hydrogens (tertiary/aromatic N) is 2. The highest BCUT2D eigenvalue weighted by Crippen LogP contribution is 2.30. The topological polar surface area (TPSA) is 133 Å². The summed E-state index contributed by atoms with van der Waals surface area (Å²) in [5.74, 6) is -0.100. The van der Waals surface area contributed by atoms with E-state index in [1.54, 1.807) is 55.5 Å². The number of nitrogens with one attached hydrogen (secondary N) is 3. The lowest BCUT2D eigenvalue weighted by atomic mass is 9.92. The SMILES string of the molecule is COc1cccc([C@]2(C)NC(=O)N(NC(=O)CCCc3nc4ccccc4c(=O)[nH]3)C2=O)c1. The molecule has 170 valence electrons. The van der Waals surface area contributed by atoms with Gasteiger partial charge in [0.25, 0.3) is 11.5 Å². The Balaban J connectivity index is 1.38. The van der Waals surface area contributed by atoms with E-state index in [9.17, 15) is 19.2 Å². The quantitative estimate of drug-likeness (QED) is 0.471. The van der Waals surface area contributed by atoms with Crippen molar-refractivity contribution in [1.82, 2.24) is 25.7 Å². The number of benzene rings is 2. The molecule has 4 rings (SSSR count). The standard InChI is InChI=1S/C23H23N5O5/c1-23(14-7-5-8-15(13-14)33-2)21(31)28(22(32)26-23)27-19(29)12-6-11-18-24-17-10-4-3-9-16(17)20(30)25-18/h3-5,7-10,13H,6,11-12H2,1-2H3,(H,26,32)(H,27,29)(H,24,25,30)/t23-/m0/s1. The van der Waals surface area contributed by atoms with Crippen LogP contribution in [0.1, 0.15) is 31.2 Å². The number of hydrogen-bond donors (Lipinski definition) is 3. The zero-order valence-corrected chi connectivity index (χ0v) is 18.2. The van der Waals surface area contributed by atoms with Gasteiger partial charge >= 0.3 is 6.03 Å². The maximum Gasteiger partial charge on any atom is 0.344 e. The summed E-state index contributed by atoms with van der Waals surface area (Å²) in [7, 11) is 1.51. The lowest BCUT2D eigenvalue weighted by Gasteiger charge is -2.22. The minimum atomic E-state index is -1.34. The number of carbonyl (C=O) groups is 3. The van der Waals surface area contributed by atoms with Crippen LogP contribution in [0.2, 0.25) is 0 Å². The highest BCUT2D eigenvalue weighted by molar-refractivity contribution is 6.08. The van der Waals surface area contributed by atoms with Gasteiger partial charge < -0.3 is 15.0 Å². The molecular formula is C23H23N5O5. The summed E-state index contributed by atoms with van der Waals surface area (Å²) in [6.45, 7) is 1.57. The second-order valence-electron chi connectivity index (χ2n) is 7.85. The molecule has 0 bridgehead atoms. The van der Waals surface area contributed by atoms with Crippen LogP contribution in [0, 0.1) is 0 Å². The predicted molar refractivity (Wildman–Crippen MR) is 119 cm³/mol. The third-order valence-electron chi connectivity index (χ3n) is 5.55. The number of amides is 4. The number of hydrazine groups is 1. The monoisotopic (exact) mass is 449 g/mol. The Kier molecular flexibility index (Phi) is 5.82. The number of urea groups is 1. The van der Waals surface area contributed by atoms with Crippen LogP contribution in [0.3, 0.4) is 0 Å². The van der Waals surface area contributed by atoms with Crippen LogP contribution in [0.4, 0.5) is 4.79 Å². The highest BCUT2D eigenvalue weighted by atomic mass is 16.5. The first-order valence-electron chi connectivity index (χ1n) is 10.4. The van der Waals surface area contributed by atoms with Gasteiger partial charge in [0.15, 0.2) is 0 Å². The van der Waals surface area contributed by atoms with Gasteiger partial charge in [-0.1, -0.05) is 24.3 Å². The Labute approximate surface area is 188 Å². The molecule has 10 heteroatoms. The lowest BCUT2D eigenvalue weighted by molar-refractivity contribution is -0.139. The van der Waals surface area contributed by atoms with Gasteiger partial charge in [0.1, 0.15) is 17.1 Å². The Bertz CT molecular complexity index is 1300. The van der Waals surface area contributed by atoms with Gasteiger partial charge in [-0.3, -0.25) is 19.8 Å². The molecule has 33 heavy (non-hydrogen) atoms. The fourth-order valence-electron chi connectivity index (χ4n) is 3.72. The Morgan fingerprint density at radius 2 is 1.94 bits per heavy atom. The molecule has 3 N–H and O–H groups in total. The Hall–Kier alpha value is -4.21. The lowest BCUT2D eigenvalue weighted by Crippen LogP contribution is -2.47. The Morgan fingerprint density at radius 3 is 2.73 bits per heavy atom. The van der Waals surface area contributed by atoms with Crippen molar-refractivity contribution in [2.75, 3.05) is 7.11 Å². The molecule has 1 aliphatic heterocycles. The van der Waals surface area contributed by atoms with E-state index in [4.69, 9.17) is 4.74 Å². The third-order valence-corrected chi connectivity index (χ3v) is 5.55. The molecule has 0 radical (unpaired) electrons. The van der Waals surface area contributed by atoms with E-state index in [0.29, 0.717) is 45.9 Å². The van der Waals surface area contributed by atoms with Crippen molar-refractivity contribution in [1.29, 1.82) is 0 Å². The van der Waals surface area contributed by atoms with Crippen LogP contribution in [-0.4, -0.2) is 39.9 Å². The average Bonchev–Trinajstić information content (AvgIpc) is 3.03. The van der Waals surface area contributed by atoms with Crippen molar-refractivity contribution in [3.05, 3.63) is 70.3 Å². The molecule has 2 aromatic carbocycles. The summed E-state index contributed by atoms with van der Waals surface area (Å²) in [5, 5.41) is 3.82. The van der Waals surface area contributed by atoms with Crippen LogP contribution in [0.15, 0.2) is 53.3 Å². The van der Waals surface area contributed by atoms with Crippen molar-refractivity contribution >= 4 is 28.7 Å². The van der Waals surface area contributed by atoms with Crippen LogP contribution < -0.4 is 21.0 Å². The number of carbonyl (C=O) groups excluding carboxylic acids is 3. The number of para-hydroxylation sites is 1. The van der Waals surface area contributed by atoms with Gasteiger partial charge in [-0.15, -0.1) is 0 Å². The number of H-pyrrole nitrogens is 1. The minimum Gasteiger partial charge on any atom is -0.497 e. The van der Waals surface area contributed by atoms with Gasteiger partial charge in [0.2, 0.25) is 5.91 Å². The van der Waals surface area contributed by atoms with E-state index in [1.165, 1.54) is 7.11 Å². The summed E-state index contributed by atoms with van der Waals surface area (Å²) in [5.41, 5.74) is 1.90. The van der Waals surface area contributed by atoms with Crippen molar-refractivity contribution in [3.63, 3.8) is 0 Å². The molecule has 2 heterocycles. The van der Waals surface area contributed by atoms with E-state index in [1.807, 2.05) is 0 Å². The summed E-state index contributed by atoms with van der Waals surface area (Å²) in [4.78, 5) is 57.1. The van der Waals surface area contributed by atoms with Gasteiger partial charge in [-0.05, 0) is 43.2 Å². The number of fused-ring (bicyclic) bond motifs is 1. The number of ether oxygens (including phenoxy) is 1. The van der Waals surface area contributed by atoms with Gasteiger partial charge in [0, 0.05) is 12.8 Å². The van der Waals surface area contributed by atoms with E-state index in [-0.39, 0.29) is 12.0 Å². The molecule has 1 aliphatic rings. The largest absolute Gasteiger partial charge is 0.497 e. The first kappa shape index (κ1) is 22.0. The molecule has 0 spiro atoms. The van der Waals surface area contributed by atoms with Crippen LogP contribution in [0.5, 0.6) is 5.75 Å². The number of methoxy groups -OCH3 is 1. The number of aryl methyl sites for hydroxylation is 1. The van der Waals surface area contributed by atoms with Gasteiger partial charge in [0.05, 0.1) is 18.0 Å². The van der Waals surface area contributed by atoms with Crippen LogP contribution >= 0.6 is 0 Å². The van der Waals surface area contributed by atoms with Crippen LogP contribution in [0.25, 0.3) is 10.9 Å². The molecule has 10 nitrogen and oxygen atoms in total. The molecule has 0 aliphatic carbocycles. The van der Waals surface area contributed by atoms with E-state index >= 15 is 0 Å². The maximum atomic E-state index is 13.0. The molecule has 1 atom stereocenters. The fourth-order valence-corrected chi connectivity index (χ4v) is 3.72. The zero-order chi connectivity index (χ0) is 23.6. The molecule has 1 saturated heterocycles. The van der Waals surface area contributed by atoms with Crippen molar-refractivity contribution < 1.29 is 19.1 Å². The summed E-state index contributed by atoms with van der Waals surface area (Å²) in [6, 6.07) is 13.1. The number of aromatic nitrogens is 2. The summed E-state index contributed by atoms with van der Waals surface area (Å²) in [6.07, 6.45) is 0.753. The highest BCUT2D eigenvalue weighted by Gasteiger charge is 2.50. The van der Waals surface area contributed by atoms with E-state index in [0.717, 1.165) is 0 Å². The first-order valence-corrected chi connectivity index (χ1v) is 10.4. The Morgan fingerprint density at radius 1 is 1.15 bits per heavy atom. The molecule has 0 saturated carbocycles. The maximum absolute atomic E-state index is 13.0. The van der Waals surface area contributed by atoms with Gasteiger partial charge in [-0.25, -0.2) is 9.78 Å². The minimum absolute atomic E-state index is 0.0312. The fraction of sp³-hybridized carbons (Fsp3) is 0.261. The summed E-state index contributed by atoms with van der Waals surface area (Å²) < 4.78 is 5.19. The van der Waals surface area contributed by atoms with Crippen molar-refractivity contribution in [2.45, 2.75) is 31.7 Å². The van der Waals surface area contributed by atoms with Crippen molar-refractivity contribution in [2.24, 2.45) is 0 Å². The normalized spacial score (nSPS) is 17.8. The zero-order valence-electron chi connectivity index (χ0n) is 18.2. The predicted octanol–water partition coefficient (Wildman–Crippen LogP) is 1.75. The van der Waals surface area contributed by atoms with Gasteiger partial charge in [-0.2, -0.15) is 5.01 Å². The number of hydrogen-bond acceptors (Lipinski definition) is 6. The molecule has 3 aromatic rings. The number of imide groups is 1. The summed E-state index contributed by atoms with van der Waals surface area (Å²) >= 11 is 0. The first-order chi connectivity index (χ1) is 15.8. The number of aromatic amines is 1. The van der Waals surface area contributed by atoms with E-state index in [2.05, 4.69) is 20.7 Å². The molecule has 1 fully saturated rings. The molecule has 0 unspecified atom stereocenters. The van der Waals surface area contributed by atoms with E-state index < -0.39 is 23.4 Å². The second-order valence-corrected chi connectivity index (χ2v) is 7.85. The van der Waals surface area contributed by atoms with Crippen LogP contribution in [-0.2, 0) is 21.5 Å². The van der Waals surface area contributed by atoms with Crippen molar-refractivity contribution in [3.8, 4) is 5.75 Å². The third kappa shape index (κ3) is 4.27. The molecule has 1 aromatic heterocycles. The average molecular weight is 449 g/mol.